The van der Waals surface area contributed by atoms with Crippen LogP contribution in [0.15, 0.2) is 33.3 Å². The number of hydrogen-bond donors (Lipinski definition) is 2. The topological polar surface area (TPSA) is 114 Å². The van der Waals surface area contributed by atoms with E-state index in [0.29, 0.717) is 17.1 Å². The Morgan fingerprint density at radius 3 is 3.05 bits per heavy atom. The van der Waals surface area contributed by atoms with Gasteiger partial charge in [0.2, 0.25) is 0 Å². The summed E-state index contributed by atoms with van der Waals surface area (Å²) in [5.41, 5.74) is 2.39. The molecule has 7 nitrogen and oxygen atoms in total. The Kier molecular flexibility index (Phi) is 4.34. The second kappa shape index (κ2) is 6.18. The zero-order valence-electron chi connectivity index (χ0n) is 10.1. The fourth-order valence-corrected chi connectivity index (χ4v) is 1.79. The number of carbonyl (C=O) groups is 1. The summed E-state index contributed by atoms with van der Waals surface area (Å²) in [6.07, 6.45) is 0. The molecule has 3 N–H and O–H groups in total. The molecule has 8 heteroatoms. The highest BCUT2D eigenvalue weighted by atomic mass is 79.9. The summed E-state index contributed by atoms with van der Waals surface area (Å²) >= 11 is 3.27. The molecule has 0 bridgehead atoms. The van der Waals surface area contributed by atoms with Crippen LogP contribution in [-0.4, -0.2) is 11.1 Å². The predicted molar refractivity (Wildman–Crippen MR) is 71.3 cm³/mol. The minimum absolute atomic E-state index is 0.0428. The Morgan fingerprint density at radius 1 is 1.55 bits per heavy atom. The number of nitrogen functional groups attached to an aromatic ring is 1. The molecule has 0 unspecified atom stereocenters. The van der Waals surface area contributed by atoms with Crippen LogP contribution in [0.2, 0.25) is 0 Å². The molecule has 1 heterocycles. The molecule has 2 rings (SSSR count). The van der Waals surface area contributed by atoms with Crippen LogP contribution < -0.4 is 16.0 Å². The number of benzene rings is 1. The number of nitrogens with one attached hydrogen (secondary N) is 1. The Balaban J connectivity index is 2.08. The molecular weight excluding hydrogens is 328 g/mol. The van der Waals surface area contributed by atoms with Gasteiger partial charge in [-0.05, 0) is 18.2 Å². The van der Waals surface area contributed by atoms with Crippen molar-refractivity contribution in [2.24, 2.45) is 5.84 Å². The van der Waals surface area contributed by atoms with E-state index < -0.39 is 5.91 Å². The average Bonchev–Trinajstić information content (AvgIpc) is 2.93. The monoisotopic (exact) mass is 336 g/mol. The van der Waals surface area contributed by atoms with Gasteiger partial charge in [0.25, 0.3) is 5.91 Å². The highest BCUT2D eigenvalue weighted by Gasteiger charge is 2.12. The van der Waals surface area contributed by atoms with E-state index in [2.05, 4.69) is 21.1 Å². The third-order valence-electron chi connectivity index (χ3n) is 2.35. The number of halogens is 1. The number of nitrogens with two attached hydrogens (primary N) is 1. The molecule has 20 heavy (non-hydrogen) atoms. The van der Waals surface area contributed by atoms with Crippen molar-refractivity contribution < 1.29 is 14.1 Å². The highest BCUT2D eigenvalue weighted by Crippen LogP contribution is 2.23. The second-order valence-corrected chi connectivity index (χ2v) is 4.61. The van der Waals surface area contributed by atoms with Gasteiger partial charge in [0.15, 0.2) is 11.5 Å². The predicted octanol–water partition coefficient (Wildman–Crippen LogP) is 1.49. The van der Waals surface area contributed by atoms with E-state index in [0.717, 1.165) is 4.47 Å². The van der Waals surface area contributed by atoms with Crippen LogP contribution in [0.4, 0.5) is 0 Å². The molecule has 0 radical (unpaired) electrons. The maximum atomic E-state index is 11.2. The molecule has 0 atom stereocenters. The van der Waals surface area contributed by atoms with Gasteiger partial charge in [-0.1, -0.05) is 21.1 Å². The zero-order valence-corrected chi connectivity index (χ0v) is 11.7. The molecule has 0 aliphatic heterocycles. The van der Waals surface area contributed by atoms with Gasteiger partial charge >= 0.3 is 0 Å². The van der Waals surface area contributed by atoms with E-state index in [-0.39, 0.29) is 12.3 Å². The number of hydrogen-bond acceptors (Lipinski definition) is 6. The molecular formula is C12H9BrN4O3. The van der Waals surface area contributed by atoms with Crippen molar-refractivity contribution in [3.05, 3.63) is 45.8 Å². The molecule has 1 aromatic carbocycles. The van der Waals surface area contributed by atoms with Crippen molar-refractivity contribution in [2.45, 2.75) is 6.61 Å². The summed E-state index contributed by atoms with van der Waals surface area (Å²) in [6, 6.07) is 8.49. The van der Waals surface area contributed by atoms with Crippen molar-refractivity contribution in [3.63, 3.8) is 0 Å². The first-order valence-corrected chi connectivity index (χ1v) is 6.22. The number of amides is 1. The lowest BCUT2D eigenvalue weighted by Crippen LogP contribution is -2.30. The number of carbonyl (C=O) groups excluding carboxylic acids is 1. The van der Waals surface area contributed by atoms with E-state index in [1.54, 1.807) is 18.2 Å². The molecule has 0 spiro atoms. The molecule has 102 valence electrons. The number of nitriles is 1. The summed E-state index contributed by atoms with van der Waals surface area (Å²) in [5, 5.41) is 12.5. The van der Waals surface area contributed by atoms with Gasteiger partial charge in [-0.25, -0.2) is 5.84 Å². The summed E-state index contributed by atoms with van der Waals surface area (Å²) in [6.45, 7) is 0.0428. The van der Waals surface area contributed by atoms with Crippen molar-refractivity contribution >= 4 is 21.8 Å². The summed E-state index contributed by atoms with van der Waals surface area (Å²) in [5.74, 6) is 5.18. The van der Waals surface area contributed by atoms with Crippen LogP contribution in [0.25, 0.3) is 0 Å². The first kappa shape index (κ1) is 14.0. The molecule has 2 aromatic rings. The Morgan fingerprint density at radius 2 is 2.35 bits per heavy atom. The maximum Gasteiger partial charge on any atom is 0.287 e. The van der Waals surface area contributed by atoms with Crippen LogP contribution in [0.3, 0.4) is 0 Å². The van der Waals surface area contributed by atoms with Crippen LogP contribution in [0, 0.1) is 11.3 Å². The third-order valence-corrected chi connectivity index (χ3v) is 2.85. The molecule has 0 aliphatic carbocycles. The van der Waals surface area contributed by atoms with Crippen LogP contribution in [0.5, 0.6) is 5.75 Å². The lowest BCUT2D eigenvalue weighted by Gasteiger charge is -2.05. The SMILES string of the molecule is N#Cc1cc(Br)ccc1OCc1cc(C(=O)NN)no1. The standard InChI is InChI=1S/C12H9BrN4O3/c13-8-1-2-11(7(3-8)5-14)19-6-9-4-10(17-20-9)12(18)16-15/h1-4H,6,15H2,(H,16,18). The Labute approximate surface area is 122 Å². The van der Waals surface area contributed by atoms with Crippen molar-refractivity contribution in [2.75, 3.05) is 0 Å². The zero-order chi connectivity index (χ0) is 14.5. The lowest BCUT2D eigenvalue weighted by atomic mass is 10.2. The van der Waals surface area contributed by atoms with E-state index in [9.17, 15) is 4.79 Å². The molecule has 0 saturated carbocycles. The van der Waals surface area contributed by atoms with E-state index in [1.807, 2.05) is 11.5 Å². The number of ether oxygens (including phenoxy) is 1. The fourth-order valence-electron chi connectivity index (χ4n) is 1.43. The van der Waals surface area contributed by atoms with Gasteiger partial charge in [-0.3, -0.25) is 10.2 Å². The molecule has 0 saturated heterocycles. The summed E-state index contributed by atoms with van der Waals surface area (Å²) in [4.78, 5) is 11.2. The molecule has 0 aliphatic rings. The van der Waals surface area contributed by atoms with Gasteiger partial charge in [-0.2, -0.15) is 5.26 Å². The third kappa shape index (κ3) is 3.14. The smallest absolute Gasteiger partial charge is 0.287 e. The van der Waals surface area contributed by atoms with Gasteiger partial charge in [0, 0.05) is 10.5 Å². The van der Waals surface area contributed by atoms with Crippen molar-refractivity contribution in [3.8, 4) is 11.8 Å². The largest absolute Gasteiger partial charge is 0.484 e. The molecule has 1 aromatic heterocycles. The summed E-state index contributed by atoms with van der Waals surface area (Å²) in [7, 11) is 0. The first-order valence-electron chi connectivity index (χ1n) is 5.43. The Hall–Kier alpha value is -2.37. The molecule has 0 fully saturated rings. The van der Waals surface area contributed by atoms with Crippen molar-refractivity contribution in [1.82, 2.24) is 10.6 Å². The van der Waals surface area contributed by atoms with Crippen LogP contribution in [-0.2, 0) is 6.61 Å². The number of rotatable bonds is 4. The van der Waals surface area contributed by atoms with Crippen LogP contribution >= 0.6 is 15.9 Å². The average molecular weight is 337 g/mol. The Bertz CT molecular complexity index is 678. The minimum atomic E-state index is -0.554. The maximum absolute atomic E-state index is 11.2. The number of aromatic nitrogens is 1. The van der Waals surface area contributed by atoms with Gasteiger partial charge in [-0.15, -0.1) is 0 Å². The quantitative estimate of drug-likeness (QED) is 0.496. The van der Waals surface area contributed by atoms with Gasteiger partial charge in [0.1, 0.15) is 18.4 Å². The van der Waals surface area contributed by atoms with E-state index in [4.69, 9.17) is 20.4 Å². The second-order valence-electron chi connectivity index (χ2n) is 3.69. The normalized spacial score (nSPS) is 9.85. The first-order chi connectivity index (χ1) is 9.63. The van der Waals surface area contributed by atoms with E-state index >= 15 is 0 Å². The molecule has 1 amide bonds. The van der Waals surface area contributed by atoms with Gasteiger partial charge < -0.3 is 9.26 Å². The van der Waals surface area contributed by atoms with E-state index in [1.165, 1.54) is 6.07 Å². The number of hydrazine groups is 1. The van der Waals surface area contributed by atoms with Gasteiger partial charge in [0.05, 0.1) is 5.56 Å². The highest BCUT2D eigenvalue weighted by molar-refractivity contribution is 9.10. The van der Waals surface area contributed by atoms with Crippen LogP contribution in [0.1, 0.15) is 21.8 Å². The van der Waals surface area contributed by atoms with Crippen molar-refractivity contribution in [1.29, 1.82) is 5.26 Å². The minimum Gasteiger partial charge on any atom is -0.484 e. The summed E-state index contributed by atoms with van der Waals surface area (Å²) < 4.78 is 11.2. The lowest BCUT2D eigenvalue weighted by molar-refractivity contribution is 0.0944. The fraction of sp³-hybridized carbons (Fsp3) is 0.0833. The number of nitrogens with zero attached hydrogens (tertiary/aromatic N) is 2.